The monoisotopic (exact) mass is 205 g/mol. The number of rotatable bonds is 3. The molecule has 0 aliphatic heterocycles. The maximum atomic E-state index is 5.68. The van der Waals surface area contributed by atoms with E-state index in [1.165, 1.54) is 11.1 Å². The molecule has 0 atom stereocenters. The summed E-state index contributed by atoms with van der Waals surface area (Å²) >= 11 is 0. The van der Waals surface area contributed by atoms with E-state index < -0.39 is 0 Å². The summed E-state index contributed by atoms with van der Waals surface area (Å²) in [6, 6.07) is 3.93. The second-order valence-electron chi connectivity index (χ2n) is 3.49. The van der Waals surface area contributed by atoms with Crippen LogP contribution in [0.2, 0.25) is 0 Å². The molecule has 0 bridgehead atoms. The number of methoxy groups -OCH3 is 2. The Hall–Kier alpha value is -1.48. The van der Waals surface area contributed by atoms with Crippen LogP contribution in [0.1, 0.15) is 11.1 Å². The van der Waals surface area contributed by atoms with E-state index in [9.17, 15) is 0 Å². The summed E-state index contributed by atoms with van der Waals surface area (Å²) < 4.78 is 10.6. The Bertz CT molecular complexity index is 410. The van der Waals surface area contributed by atoms with Crippen LogP contribution in [0.4, 0.5) is 0 Å². The molecule has 1 aliphatic rings. The molecule has 15 heavy (non-hydrogen) atoms. The van der Waals surface area contributed by atoms with Gasteiger partial charge < -0.3 is 15.2 Å². The van der Waals surface area contributed by atoms with Gasteiger partial charge in [-0.2, -0.15) is 0 Å². The van der Waals surface area contributed by atoms with Gasteiger partial charge in [0.2, 0.25) is 0 Å². The minimum atomic E-state index is 0.559. The van der Waals surface area contributed by atoms with E-state index in [4.69, 9.17) is 15.2 Å². The maximum Gasteiger partial charge on any atom is 0.126 e. The largest absolute Gasteiger partial charge is 0.497 e. The highest BCUT2D eigenvalue weighted by atomic mass is 16.5. The Morgan fingerprint density at radius 1 is 1.27 bits per heavy atom. The zero-order valence-electron chi connectivity index (χ0n) is 9.04. The van der Waals surface area contributed by atoms with Crippen molar-refractivity contribution < 1.29 is 9.47 Å². The predicted octanol–water partition coefficient (Wildman–Crippen LogP) is 1.60. The molecule has 1 aromatic carbocycles. The highest BCUT2D eigenvalue weighted by molar-refractivity contribution is 5.77. The lowest BCUT2D eigenvalue weighted by molar-refractivity contribution is 0.391. The van der Waals surface area contributed by atoms with Gasteiger partial charge in [0.15, 0.2) is 0 Å². The molecule has 1 aliphatic carbocycles. The van der Waals surface area contributed by atoms with Crippen molar-refractivity contribution >= 4 is 5.57 Å². The Morgan fingerprint density at radius 3 is 2.67 bits per heavy atom. The number of fused-ring (bicyclic) bond motifs is 1. The number of allylic oxidation sites excluding steroid dienone is 1. The van der Waals surface area contributed by atoms with Crippen LogP contribution < -0.4 is 15.2 Å². The van der Waals surface area contributed by atoms with E-state index in [0.717, 1.165) is 23.5 Å². The molecule has 3 nitrogen and oxygen atoms in total. The molecule has 0 unspecified atom stereocenters. The number of ether oxygens (including phenoxy) is 2. The minimum Gasteiger partial charge on any atom is -0.497 e. The SMILES string of the molecule is COc1cc(OC)c2c(c1)C(CN)=CC2. The quantitative estimate of drug-likeness (QED) is 0.815. The molecule has 80 valence electrons. The molecule has 1 aromatic rings. The van der Waals surface area contributed by atoms with Crippen molar-refractivity contribution in [2.75, 3.05) is 20.8 Å². The van der Waals surface area contributed by atoms with Gasteiger partial charge in [-0.25, -0.2) is 0 Å². The molecule has 0 saturated carbocycles. The molecule has 0 spiro atoms. The van der Waals surface area contributed by atoms with Gasteiger partial charge in [0.25, 0.3) is 0 Å². The number of benzene rings is 1. The second-order valence-corrected chi connectivity index (χ2v) is 3.49. The first kappa shape index (κ1) is 10.1. The number of nitrogens with two attached hydrogens (primary N) is 1. The lowest BCUT2D eigenvalue weighted by Gasteiger charge is -2.11. The van der Waals surface area contributed by atoms with Gasteiger partial charge in [-0.1, -0.05) is 6.08 Å². The molecule has 0 heterocycles. The topological polar surface area (TPSA) is 44.5 Å². The highest BCUT2D eigenvalue weighted by Crippen LogP contribution is 2.37. The Morgan fingerprint density at radius 2 is 2.07 bits per heavy atom. The first-order valence-electron chi connectivity index (χ1n) is 4.94. The van der Waals surface area contributed by atoms with Gasteiger partial charge in [-0.3, -0.25) is 0 Å². The van der Waals surface area contributed by atoms with Crippen molar-refractivity contribution in [1.29, 1.82) is 0 Å². The molecule has 0 amide bonds. The standard InChI is InChI=1S/C12H15NO2/c1-14-9-5-11-8(7-13)3-4-10(11)12(6-9)15-2/h3,5-6H,4,7,13H2,1-2H3. The van der Waals surface area contributed by atoms with Crippen LogP contribution in [-0.2, 0) is 6.42 Å². The normalized spacial score (nSPS) is 13.4. The van der Waals surface area contributed by atoms with Crippen LogP contribution in [0.25, 0.3) is 5.57 Å². The molecule has 0 aromatic heterocycles. The molecular formula is C12H15NO2. The molecule has 0 radical (unpaired) electrons. The van der Waals surface area contributed by atoms with E-state index in [0.29, 0.717) is 6.54 Å². The summed E-state index contributed by atoms with van der Waals surface area (Å²) in [6.07, 6.45) is 3.04. The summed E-state index contributed by atoms with van der Waals surface area (Å²) in [7, 11) is 3.33. The van der Waals surface area contributed by atoms with Crippen LogP contribution in [0.3, 0.4) is 0 Å². The highest BCUT2D eigenvalue weighted by Gasteiger charge is 2.18. The van der Waals surface area contributed by atoms with Crippen molar-refractivity contribution in [1.82, 2.24) is 0 Å². The summed E-state index contributed by atoms with van der Waals surface area (Å²) in [4.78, 5) is 0. The smallest absolute Gasteiger partial charge is 0.126 e. The third-order valence-corrected chi connectivity index (χ3v) is 2.76. The zero-order chi connectivity index (χ0) is 10.8. The van der Waals surface area contributed by atoms with Crippen LogP contribution >= 0.6 is 0 Å². The Balaban J connectivity index is 2.53. The Labute approximate surface area is 89.5 Å². The first-order chi connectivity index (χ1) is 7.30. The van der Waals surface area contributed by atoms with Gasteiger partial charge in [0, 0.05) is 18.2 Å². The minimum absolute atomic E-state index is 0.559. The first-order valence-corrected chi connectivity index (χ1v) is 4.94. The Kier molecular flexibility index (Phi) is 2.64. The number of hydrogen-bond donors (Lipinski definition) is 1. The summed E-state index contributed by atoms with van der Waals surface area (Å²) in [5.41, 5.74) is 9.22. The number of hydrogen-bond acceptors (Lipinski definition) is 3. The zero-order valence-corrected chi connectivity index (χ0v) is 9.04. The third kappa shape index (κ3) is 1.59. The summed E-state index contributed by atoms with van der Waals surface area (Å²) in [5.74, 6) is 1.69. The molecule has 3 heteroatoms. The fourth-order valence-corrected chi connectivity index (χ4v) is 1.95. The van der Waals surface area contributed by atoms with E-state index >= 15 is 0 Å². The van der Waals surface area contributed by atoms with Crippen molar-refractivity contribution in [2.24, 2.45) is 5.73 Å². The lowest BCUT2D eigenvalue weighted by atomic mass is 10.0. The van der Waals surface area contributed by atoms with Gasteiger partial charge >= 0.3 is 0 Å². The fourth-order valence-electron chi connectivity index (χ4n) is 1.95. The van der Waals surface area contributed by atoms with Gasteiger partial charge in [0.1, 0.15) is 11.5 Å². The van der Waals surface area contributed by atoms with Crippen LogP contribution in [-0.4, -0.2) is 20.8 Å². The van der Waals surface area contributed by atoms with Crippen LogP contribution in [0.15, 0.2) is 18.2 Å². The van der Waals surface area contributed by atoms with Gasteiger partial charge in [-0.15, -0.1) is 0 Å². The molecule has 0 fully saturated rings. The predicted molar refractivity (Wildman–Crippen MR) is 60.3 cm³/mol. The average molecular weight is 205 g/mol. The lowest BCUT2D eigenvalue weighted by Crippen LogP contribution is -2.02. The van der Waals surface area contributed by atoms with Crippen LogP contribution in [0.5, 0.6) is 11.5 Å². The third-order valence-electron chi connectivity index (χ3n) is 2.76. The fraction of sp³-hybridized carbons (Fsp3) is 0.333. The maximum absolute atomic E-state index is 5.68. The van der Waals surface area contributed by atoms with Crippen molar-refractivity contribution in [3.63, 3.8) is 0 Å². The van der Waals surface area contributed by atoms with Gasteiger partial charge in [0.05, 0.1) is 14.2 Å². The molecule has 2 N–H and O–H groups in total. The van der Waals surface area contributed by atoms with E-state index in [1.54, 1.807) is 14.2 Å². The average Bonchev–Trinajstić information content (AvgIpc) is 2.70. The van der Waals surface area contributed by atoms with Crippen molar-refractivity contribution in [2.45, 2.75) is 6.42 Å². The second kappa shape index (κ2) is 3.95. The summed E-state index contributed by atoms with van der Waals surface area (Å²) in [5, 5.41) is 0. The summed E-state index contributed by atoms with van der Waals surface area (Å²) in [6.45, 7) is 0.559. The van der Waals surface area contributed by atoms with Crippen LogP contribution in [0, 0.1) is 0 Å². The van der Waals surface area contributed by atoms with E-state index in [1.807, 2.05) is 12.1 Å². The van der Waals surface area contributed by atoms with Gasteiger partial charge in [-0.05, 0) is 23.6 Å². The molecular weight excluding hydrogens is 190 g/mol. The molecule has 0 saturated heterocycles. The van der Waals surface area contributed by atoms with Crippen molar-refractivity contribution in [3.05, 3.63) is 29.3 Å². The van der Waals surface area contributed by atoms with E-state index in [-0.39, 0.29) is 0 Å². The molecule has 2 rings (SSSR count). The van der Waals surface area contributed by atoms with Crippen molar-refractivity contribution in [3.8, 4) is 11.5 Å². The van der Waals surface area contributed by atoms with E-state index in [2.05, 4.69) is 6.08 Å².